The fourth-order valence-corrected chi connectivity index (χ4v) is 3.62. The van der Waals surface area contributed by atoms with Gasteiger partial charge in [0.15, 0.2) is 0 Å². The molecule has 0 bridgehead atoms. The molecule has 1 aromatic carbocycles. The van der Waals surface area contributed by atoms with Crippen LogP contribution in [0.15, 0.2) is 30.6 Å². The molecule has 2 aromatic heterocycles. The molecule has 0 aliphatic carbocycles. The minimum atomic E-state index is -0.406. The van der Waals surface area contributed by atoms with E-state index in [4.69, 9.17) is 21.1 Å². The fraction of sp³-hybridized carbons (Fsp3) is 0.368. The number of ether oxygens (including phenoxy) is 2. The molecular weight excluding hydrogens is 354 g/mol. The number of esters is 1. The van der Waals surface area contributed by atoms with Crippen molar-refractivity contribution in [1.29, 1.82) is 0 Å². The highest BCUT2D eigenvalue weighted by molar-refractivity contribution is 6.35. The van der Waals surface area contributed by atoms with Gasteiger partial charge in [0.2, 0.25) is 0 Å². The number of aromatic amines is 1. The van der Waals surface area contributed by atoms with Gasteiger partial charge < -0.3 is 14.5 Å². The van der Waals surface area contributed by atoms with Crippen LogP contribution < -0.4 is 0 Å². The number of halogens is 1. The van der Waals surface area contributed by atoms with E-state index >= 15 is 0 Å². The lowest BCUT2D eigenvalue weighted by Crippen LogP contribution is -2.18. The number of fused-ring (bicyclic) bond motifs is 1. The van der Waals surface area contributed by atoms with Crippen molar-refractivity contribution in [2.75, 3.05) is 13.2 Å². The highest BCUT2D eigenvalue weighted by atomic mass is 35.5. The molecule has 0 saturated carbocycles. The highest BCUT2D eigenvalue weighted by Crippen LogP contribution is 2.36. The summed E-state index contributed by atoms with van der Waals surface area (Å²) in [7, 11) is 0. The SMILES string of the molecule is CCOC(=O)c1[nH]c2c(Cl)cccc2c1-c1cnn(C2CCCCO2)c1. The van der Waals surface area contributed by atoms with Gasteiger partial charge in [0.05, 0.1) is 23.3 Å². The first-order valence-electron chi connectivity index (χ1n) is 8.82. The van der Waals surface area contributed by atoms with Crippen LogP contribution in [0.3, 0.4) is 0 Å². The highest BCUT2D eigenvalue weighted by Gasteiger charge is 2.24. The van der Waals surface area contributed by atoms with Crippen molar-refractivity contribution >= 4 is 28.5 Å². The number of hydrogen-bond donors (Lipinski definition) is 1. The zero-order chi connectivity index (χ0) is 18.1. The molecule has 136 valence electrons. The summed E-state index contributed by atoms with van der Waals surface area (Å²) in [4.78, 5) is 15.6. The van der Waals surface area contributed by atoms with Crippen molar-refractivity contribution in [3.63, 3.8) is 0 Å². The Labute approximate surface area is 156 Å². The van der Waals surface area contributed by atoms with E-state index in [1.807, 2.05) is 23.0 Å². The maximum atomic E-state index is 12.5. The standard InChI is InChI=1S/C19H20ClN3O3/c1-2-25-19(24)18-16(13-6-5-7-14(20)17(13)22-18)12-10-21-23(11-12)15-8-3-4-9-26-15/h5-7,10-11,15,22H,2-4,8-9H2,1H3. The third kappa shape index (κ3) is 2.99. The number of para-hydroxylation sites is 1. The lowest BCUT2D eigenvalue weighted by molar-refractivity contribution is -0.0394. The topological polar surface area (TPSA) is 69.1 Å². The number of aromatic nitrogens is 3. The Hall–Kier alpha value is -2.31. The van der Waals surface area contributed by atoms with Crippen molar-refractivity contribution in [2.45, 2.75) is 32.4 Å². The molecule has 1 aliphatic rings. The molecule has 1 unspecified atom stereocenters. The third-order valence-corrected chi connectivity index (χ3v) is 4.92. The molecule has 26 heavy (non-hydrogen) atoms. The number of benzene rings is 1. The summed E-state index contributed by atoms with van der Waals surface area (Å²) in [6, 6.07) is 5.59. The minimum Gasteiger partial charge on any atom is -0.461 e. The summed E-state index contributed by atoms with van der Waals surface area (Å²) in [5, 5.41) is 5.89. The Balaban J connectivity index is 1.82. The summed E-state index contributed by atoms with van der Waals surface area (Å²) < 4.78 is 12.8. The zero-order valence-electron chi connectivity index (χ0n) is 14.5. The van der Waals surface area contributed by atoms with Crippen molar-refractivity contribution in [3.05, 3.63) is 41.3 Å². The Morgan fingerprint density at radius 2 is 2.35 bits per heavy atom. The summed E-state index contributed by atoms with van der Waals surface area (Å²) in [6.07, 6.45) is 6.75. The van der Waals surface area contributed by atoms with E-state index < -0.39 is 5.97 Å². The first-order valence-corrected chi connectivity index (χ1v) is 9.20. The van der Waals surface area contributed by atoms with Gasteiger partial charge in [-0.2, -0.15) is 5.10 Å². The molecular formula is C19H20ClN3O3. The van der Waals surface area contributed by atoms with Gasteiger partial charge in [-0.15, -0.1) is 0 Å². The van der Waals surface area contributed by atoms with E-state index in [1.54, 1.807) is 19.2 Å². The maximum absolute atomic E-state index is 12.5. The van der Waals surface area contributed by atoms with Crippen molar-refractivity contribution < 1.29 is 14.3 Å². The second-order valence-corrected chi connectivity index (χ2v) is 6.70. The molecule has 0 amide bonds. The normalized spacial score (nSPS) is 17.5. The largest absolute Gasteiger partial charge is 0.461 e. The average Bonchev–Trinajstić information content (AvgIpc) is 3.28. The molecule has 0 radical (unpaired) electrons. The molecule has 0 spiro atoms. The smallest absolute Gasteiger partial charge is 0.355 e. The van der Waals surface area contributed by atoms with Crippen LogP contribution in [0.5, 0.6) is 0 Å². The molecule has 7 heteroatoms. The van der Waals surface area contributed by atoms with Crippen molar-refractivity contribution in [3.8, 4) is 11.1 Å². The van der Waals surface area contributed by atoms with E-state index in [1.165, 1.54) is 0 Å². The summed E-state index contributed by atoms with van der Waals surface area (Å²) in [6.45, 7) is 2.83. The van der Waals surface area contributed by atoms with Crippen LogP contribution in [0.1, 0.15) is 42.9 Å². The first kappa shape index (κ1) is 17.1. The van der Waals surface area contributed by atoms with Crippen LogP contribution in [0.2, 0.25) is 5.02 Å². The molecule has 3 aromatic rings. The second kappa shape index (κ2) is 7.13. The van der Waals surface area contributed by atoms with Crippen LogP contribution in [0.4, 0.5) is 0 Å². The van der Waals surface area contributed by atoms with Gasteiger partial charge in [0.1, 0.15) is 11.9 Å². The molecule has 1 aliphatic heterocycles. The van der Waals surface area contributed by atoms with E-state index in [0.717, 1.165) is 42.4 Å². The number of nitrogens with one attached hydrogen (secondary N) is 1. The van der Waals surface area contributed by atoms with Gasteiger partial charge in [-0.1, -0.05) is 23.7 Å². The van der Waals surface area contributed by atoms with Crippen molar-refractivity contribution in [2.24, 2.45) is 0 Å². The van der Waals surface area contributed by atoms with Crippen molar-refractivity contribution in [1.82, 2.24) is 14.8 Å². The molecule has 1 atom stereocenters. The number of hydrogen-bond acceptors (Lipinski definition) is 4. The molecule has 1 saturated heterocycles. The Bertz CT molecular complexity index is 941. The van der Waals surface area contributed by atoms with E-state index in [2.05, 4.69) is 10.1 Å². The van der Waals surface area contributed by atoms with E-state index in [9.17, 15) is 4.79 Å². The van der Waals surface area contributed by atoms with E-state index in [0.29, 0.717) is 22.8 Å². The van der Waals surface area contributed by atoms with Crippen LogP contribution in [-0.2, 0) is 9.47 Å². The number of rotatable bonds is 4. The Kier molecular flexibility index (Phi) is 4.70. The quantitative estimate of drug-likeness (QED) is 0.680. The van der Waals surface area contributed by atoms with Crippen LogP contribution >= 0.6 is 11.6 Å². The van der Waals surface area contributed by atoms with Crippen LogP contribution in [0.25, 0.3) is 22.0 Å². The summed E-state index contributed by atoms with van der Waals surface area (Å²) in [5.41, 5.74) is 2.69. The molecule has 4 rings (SSSR count). The predicted octanol–water partition coefficient (Wildman–Crippen LogP) is 4.56. The predicted molar refractivity (Wildman–Crippen MR) is 99.3 cm³/mol. The van der Waals surface area contributed by atoms with Gasteiger partial charge in [-0.05, 0) is 32.3 Å². The average molecular weight is 374 g/mol. The van der Waals surface area contributed by atoms with Crippen LogP contribution in [-0.4, -0.2) is 33.9 Å². The zero-order valence-corrected chi connectivity index (χ0v) is 15.3. The lowest BCUT2D eigenvalue weighted by atomic mass is 10.1. The molecule has 1 fully saturated rings. The molecule has 1 N–H and O–H groups in total. The first-order chi connectivity index (χ1) is 12.7. The van der Waals surface area contributed by atoms with Gasteiger partial charge in [-0.25, -0.2) is 9.48 Å². The second-order valence-electron chi connectivity index (χ2n) is 6.29. The number of carbonyl (C=O) groups excluding carboxylic acids is 1. The summed E-state index contributed by atoms with van der Waals surface area (Å²) in [5.74, 6) is -0.406. The minimum absolute atomic E-state index is 0.0580. The Morgan fingerprint density at radius 3 is 3.12 bits per heavy atom. The van der Waals surface area contributed by atoms with Crippen LogP contribution in [0, 0.1) is 0 Å². The van der Waals surface area contributed by atoms with Gasteiger partial charge >= 0.3 is 5.97 Å². The number of nitrogens with zero attached hydrogens (tertiary/aromatic N) is 2. The third-order valence-electron chi connectivity index (χ3n) is 4.60. The Morgan fingerprint density at radius 1 is 1.46 bits per heavy atom. The number of H-pyrrole nitrogens is 1. The fourth-order valence-electron chi connectivity index (χ4n) is 3.39. The number of carbonyl (C=O) groups is 1. The lowest BCUT2D eigenvalue weighted by Gasteiger charge is -2.22. The van der Waals surface area contributed by atoms with Gasteiger partial charge in [-0.3, -0.25) is 0 Å². The van der Waals surface area contributed by atoms with Gasteiger partial charge in [0.25, 0.3) is 0 Å². The monoisotopic (exact) mass is 373 g/mol. The van der Waals surface area contributed by atoms with Gasteiger partial charge in [0, 0.05) is 29.3 Å². The molecule has 3 heterocycles. The summed E-state index contributed by atoms with van der Waals surface area (Å²) >= 11 is 6.31. The van der Waals surface area contributed by atoms with E-state index in [-0.39, 0.29) is 6.23 Å². The maximum Gasteiger partial charge on any atom is 0.355 e. The molecule has 6 nitrogen and oxygen atoms in total.